The van der Waals surface area contributed by atoms with Crippen LogP contribution >= 0.6 is 0 Å². The number of carbonyl (C=O) groups is 1. The van der Waals surface area contributed by atoms with Crippen LogP contribution in [0.3, 0.4) is 0 Å². The predicted octanol–water partition coefficient (Wildman–Crippen LogP) is 3.10. The monoisotopic (exact) mass is 248 g/mol. The number of carbonyl (C=O) groups excluding carboxylic acids is 1. The van der Waals surface area contributed by atoms with Crippen LogP contribution in [-0.2, 0) is 4.79 Å². The maximum Gasteiger partial charge on any atom is 0.161 e. The Balaban J connectivity index is 1.91. The molecular weight excluding hydrogens is 224 g/mol. The molecule has 0 heterocycles. The number of rotatable bonds is 0. The van der Waals surface area contributed by atoms with Crippen LogP contribution in [0.4, 0.5) is 0 Å². The fourth-order valence-electron chi connectivity index (χ4n) is 4.82. The van der Waals surface area contributed by atoms with Crippen molar-refractivity contribution in [1.82, 2.24) is 0 Å². The molecule has 0 saturated heterocycles. The summed E-state index contributed by atoms with van der Waals surface area (Å²) < 4.78 is 0. The van der Waals surface area contributed by atoms with E-state index in [2.05, 4.69) is 13.0 Å². The van der Waals surface area contributed by atoms with E-state index in [9.17, 15) is 9.90 Å². The Labute approximate surface area is 109 Å². The number of aliphatic hydroxyl groups is 1. The van der Waals surface area contributed by atoms with Crippen molar-refractivity contribution < 1.29 is 9.90 Å². The SMILES string of the molecule is CC1=CC[C@@H]2[C@H](CC[C@H]3C[C@@H](O)CC[C@@]32C)C1=O. The number of allylic oxidation sites excluding steroid dienone is 2. The number of ketones is 1. The molecule has 2 nitrogen and oxygen atoms in total. The summed E-state index contributed by atoms with van der Waals surface area (Å²) >= 11 is 0. The molecule has 0 bridgehead atoms. The quantitative estimate of drug-likeness (QED) is 0.715. The molecule has 3 rings (SSSR count). The molecule has 0 aromatic rings. The molecule has 2 heteroatoms. The molecule has 0 spiro atoms. The summed E-state index contributed by atoms with van der Waals surface area (Å²) in [6.45, 7) is 4.35. The summed E-state index contributed by atoms with van der Waals surface area (Å²) in [5.41, 5.74) is 1.27. The number of hydrogen-bond acceptors (Lipinski definition) is 2. The standard InChI is InChI=1S/C16H24O2/c1-10-3-6-14-13(15(10)18)5-4-11-9-12(17)7-8-16(11,14)2/h3,11-14,17H,4-9H2,1-2H3/t11-,12-,13-,14+,16-/m0/s1. The van der Waals surface area contributed by atoms with Crippen molar-refractivity contribution in [2.75, 3.05) is 0 Å². The molecule has 100 valence electrons. The molecule has 0 unspecified atom stereocenters. The summed E-state index contributed by atoms with van der Waals surface area (Å²) in [6, 6.07) is 0. The summed E-state index contributed by atoms with van der Waals surface area (Å²) in [7, 11) is 0. The second kappa shape index (κ2) is 4.19. The molecular formula is C16H24O2. The van der Waals surface area contributed by atoms with Crippen molar-refractivity contribution in [1.29, 1.82) is 0 Å². The summed E-state index contributed by atoms with van der Waals surface area (Å²) in [5, 5.41) is 9.87. The van der Waals surface area contributed by atoms with Gasteiger partial charge in [-0.2, -0.15) is 0 Å². The molecule has 0 aliphatic heterocycles. The predicted molar refractivity (Wildman–Crippen MR) is 71.0 cm³/mol. The summed E-state index contributed by atoms with van der Waals surface area (Å²) in [6.07, 6.45) is 8.28. The van der Waals surface area contributed by atoms with Gasteiger partial charge in [0.2, 0.25) is 0 Å². The highest BCUT2D eigenvalue weighted by atomic mass is 16.3. The average Bonchev–Trinajstić information content (AvgIpc) is 2.34. The fourth-order valence-corrected chi connectivity index (χ4v) is 4.82. The van der Waals surface area contributed by atoms with Crippen molar-refractivity contribution in [3.63, 3.8) is 0 Å². The lowest BCUT2D eigenvalue weighted by Gasteiger charge is -2.55. The smallest absolute Gasteiger partial charge is 0.161 e. The number of Topliss-reactive ketones (excluding diaryl/α,β-unsaturated/α-hetero) is 1. The normalized spacial score (nSPS) is 48.2. The van der Waals surface area contributed by atoms with Crippen LogP contribution < -0.4 is 0 Å². The van der Waals surface area contributed by atoms with Gasteiger partial charge in [-0.1, -0.05) is 13.0 Å². The Morgan fingerprint density at radius 3 is 2.89 bits per heavy atom. The zero-order valence-corrected chi connectivity index (χ0v) is 11.5. The van der Waals surface area contributed by atoms with E-state index in [-0.39, 0.29) is 17.4 Å². The maximum absolute atomic E-state index is 12.3. The minimum atomic E-state index is -0.101. The largest absolute Gasteiger partial charge is 0.393 e. The van der Waals surface area contributed by atoms with Gasteiger partial charge in [-0.05, 0) is 68.3 Å². The third-order valence-electron chi connectivity index (χ3n) is 6.07. The molecule has 5 atom stereocenters. The number of hydrogen-bond donors (Lipinski definition) is 1. The third-order valence-corrected chi connectivity index (χ3v) is 6.07. The third kappa shape index (κ3) is 1.69. The van der Waals surface area contributed by atoms with Crippen molar-refractivity contribution in [2.24, 2.45) is 23.2 Å². The van der Waals surface area contributed by atoms with E-state index in [1.165, 1.54) is 0 Å². The van der Waals surface area contributed by atoms with Crippen molar-refractivity contribution in [2.45, 2.75) is 58.5 Å². The van der Waals surface area contributed by atoms with Crippen LogP contribution in [0.1, 0.15) is 52.4 Å². The number of aliphatic hydroxyl groups excluding tert-OH is 1. The van der Waals surface area contributed by atoms with Gasteiger partial charge in [-0.15, -0.1) is 0 Å². The van der Waals surface area contributed by atoms with E-state index in [0.29, 0.717) is 17.6 Å². The zero-order chi connectivity index (χ0) is 12.9. The maximum atomic E-state index is 12.3. The lowest BCUT2D eigenvalue weighted by Crippen LogP contribution is -2.50. The van der Waals surface area contributed by atoms with Crippen LogP contribution in [0.5, 0.6) is 0 Å². The van der Waals surface area contributed by atoms with Gasteiger partial charge in [0.1, 0.15) is 0 Å². The van der Waals surface area contributed by atoms with Gasteiger partial charge in [0.25, 0.3) is 0 Å². The highest BCUT2D eigenvalue weighted by molar-refractivity contribution is 5.97. The Hall–Kier alpha value is -0.630. The summed E-state index contributed by atoms with van der Waals surface area (Å²) in [5.74, 6) is 1.82. The minimum Gasteiger partial charge on any atom is -0.393 e. The molecule has 0 amide bonds. The van der Waals surface area contributed by atoms with Gasteiger partial charge < -0.3 is 5.11 Å². The Morgan fingerprint density at radius 1 is 1.33 bits per heavy atom. The molecule has 18 heavy (non-hydrogen) atoms. The van der Waals surface area contributed by atoms with E-state index in [1.807, 2.05) is 6.92 Å². The van der Waals surface area contributed by atoms with E-state index < -0.39 is 0 Å². The highest BCUT2D eigenvalue weighted by Crippen LogP contribution is 2.57. The van der Waals surface area contributed by atoms with Gasteiger partial charge in [0.05, 0.1) is 6.10 Å². The fraction of sp³-hybridized carbons (Fsp3) is 0.812. The second-order valence-corrected chi connectivity index (χ2v) is 6.91. The first-order valence-corrected chi connectivity index (χ1v) is 7.41. The minimum absolute atomic E-state index is 0.101. The first kappa shape index (κ1) is 12.4. The molecule has 1 N–H and O–H groups in total. The molecule has 2 saturated carbocycles. The van der Waals surface area contributed by atoms with Gasteiger partial charge in [0, 0.05) is 5.92 Å². The van der Waals surface area contributed by atoms with E-state index >= 15 is 0 Å². The zero-order valence-electron chi connectivity index (χ0n) is 11.5. The van der Waals surface area contributed by atoms with E-state index in [1.54, 1.807) is 0 Å². The average molecular weight is 248 g/mol. The highest BCUT2D eigenvalue weighted by Gasteiger charge is 2.52. The van der Waals surface area contributed by atoms with Crippen LogP contribution in [0.2, 0.25) is 0 Å². The van der Waals surface area contributed by atoms with Crippen LogP contribution in [0, 0.1) is 23.2 Å². The van der Waals surface area contributed by atoms with Gasteiger partial charge in [-0.3, -0.25) is 4.79 Å². The second-order valence-electron chi connectivity index (χ2n) is 6.91. The van der Waals surface area contributed by atoms with Crippen LogP contribution in [-0.4, -0.2) is 17.0 Å². The molecule has 0 radical (unpaired) electrons. The van der Waals surface area contributed by atoms with Gasteiger partial charge in [-0.25, -0.2) is 0 Å². The molecule has 3 aliphatic rings. The van der Waals surface area contributed by atoms with Gasteiger partial charge in [0.15, 0.2) is 5.78 Å². The molecule has 0 aromatic heterocycles. The Morgan fingerprint density at radius 2 is 2.11 bits per heavy atom. The molecule has 3 aliphatic carbocycles. The van der Waals surface area contributed by atoms with Crippen LogP contribution in [0.15, 0.2) is 11.6 Å². The van der Waals surface area contributed by atoms with E-state index in [0.717, 1.165) is 44.1 Å². The number of fused-ring (bicyclic) bond motifs is 3. The topological polar surface area (TPSA) is 37.3 Å². The summed E-state index contributed by atoms with van der Waals surface area (Å²) in [4.78, 5) is 12.3. The Bertz CT molecular complexity index is 398. The van der Waals surface area contributed by atoms with Crippen molar-refractivity contribution >= 4 is 5.78 Å². The molecule has 0 aromatic carbocycles. The lowest BCUT2D eigenvalue weighted by atomic mass is 9.50. The van der Waals surface area contributed by atoms with E-state index in [4.69, 9.17) is 0 Å². The first-order valence-electron chi connectivity index (χ1n) is 7.41. The molecule has 2 fully saturated rings. The van der Waals surface area contributed by atoms with Crippen molar-refractivity contribution in [3.8, 4) is 0 Å². The first-order chi connectivity index (χ1) is 8.52. The lowest BCUT2D eigenvalue weighted by molar-refractivity contribution is -0.132. The van der Waals surface area contributed by atoms with Gasteiger partial charge >= 0.3 is 0 Å². The van der Waals surface area contributed by atoms with Crippen molar-refractivity contribution in [3.05, 3.63) is 11.6 Å². The van der Waals surface area contributed by atoms with Crippen LogP contribution in [0.25, 0.3) is 0 Å². The Kier molecular flexibility index (Phi) is 2.89.